The van der Waals surface area contributed by atoms with Crippen molar-refractivity contribution in [1.82, 2.24) is 0 Å². The molecule has 1 N–H and O–H groups in total. The van der Waals surface area contributed by atoms with Crippen LogP contribution in [0.4, 0.5) is 0 Å². The zero-order valence-corrected chi connectivity index (χ0v) is 19.5. The molecule has 0 aromatic heterocycles. The Kier molecular flexibility index (Phi) is 5.29. The molecule has 0 saturated carbocycles. The summed E-state index contributed by atoms with van der Waals surface area (Å²) in [6, 6.07) is 21.9. The van der Waals surface area contributed by atoms with Crippen LogP contribution in [0.3, 0.4) is 0 Å². The fourth-order valence-electron chi connectivity index (χ4n) is 5.55. The Morgan fingerprint density at radius 1 is 1.03 bits per heavy atom. The molecule has 3 aromatic rings. The van der Waals surface area contributed by atoms with Gasteiger partial charge in [-0.15, -0.1) is 0 Å². The van der Waals surface area contributed by atoms with Crippen molar-refractivity contribution in [2.45, 2.75) is 57.8 Å². The summed E-state index contributed by atoms with van der Waals surface area (Å²) in [5.74, 6) is 0.385. The highest BCUT2D eigenvalue weighted by Crippen LogP contribution is 2.55. The van der Waals surface area contributed by atoms with Gasteiger partial charge >= 0.3 is 5.97 Å². The largest absolute Gasteiger partial charge is 0.486 e. The molecule has 0 aliphatic carbocycles. The molecular weight excluding hydrogens is 412 g/mol. The lowest BCUT2D eigenvalue weighted by Gasteiger charge is -2.51. The van der Waals surface area contributed by atoms with E-state index in [0.29, 0.717) is 5.92 Å². The van der Waals surface area contributed by atoms with Crippen molar-refractivity contribution in [3.05, 3.63) is 89.0 Å². The maximum absolute atomic E-state index is 11.6. The molecule has 2 aliphatic rings. The molecule has 3 aromatic carbocycles. The van der Waals surface area contributed by atoms with Crippen LogP contribution in [0.5, 0.6) is 5.75 Å². The molecule has 170 valence electrons. The molecule has 2 heterocycles. The third-order valence-electron chi connectivity index (χ3n) is 7.28. The third kappa shape index (κ3) is 3.83. The fraction of sp³-hybridized carbons (Fsp3) is 0.345. The van der Waals surface area contributed by atoms with Gasteiger partial charge in [-0.2, -0.15) is 0 Å². The van der Waals surface area contributed by atoms with Gasteiger partial charge in [-0.3, -0.25) is 0 Å². The van der Waals surface area contributed by atoms with Gasteiger partial charge in [0.2, 0.25) is 0 Å². The Labute approximate surface area is 195 Å². The monoisotopic (exact) mass is 442 g/mol. The number of aromatic carboxylic acids is 1. The zero-order chi connectivity index (χ0) is 23.3. The molecule has 4 heteroatoms. The number of rotatable bonds is 3. The summed E-state index contributed by atoms with van der Waals surface area (Å²) in [7, 11) is 0. The maximum Gasteiger partial charge on any atom is 0.335 e. The van der Waals surface area contributed by atoms with Crippen LogP contribution in [0.15, 0.2) is 66.7 Å². The number of carbonyl (C=O) groups is 1. The minimum absolute atomic E-state index is 0.0694. The lowest BCUT2D eigenvalue weighted by molar-refractivity contribution is -0.153. The van der Waals surface area contributed by atoms with E-state index in [2.05, 4.69) is 64.1 Å². The summed E-state index contributed by atoms with van der Waals surface area (Å²) in [5, 5.41) is 9.48. The van der Waals surface area contributed by atoms with E-state index in [1.807, 2.05) is 12.1 Å². The van der Waals surface area contributed by atoms with Crippen molar-refractivity contribution < 1.29 is 19.4 Å². The summed E-state index contributed by atoms with van der Waals surface area (Å²) in [6.45, 7) is 8.53. The molecule has 0 amide bonds. The van der Waals surface area contributed by atoms with Crippen molar-refractivity contribution in [3.8, 4) is 16.9 Å². The van der Waals surface area contributed by atoms with E-state index in [1.54, 1.807) is 18.2 Å². The van der Waals surface area contributed by atoms with Crippen LogP contribution < -0.4 is 4.74 Å². The molecule has 0 unspecified atom stereocenters. The lowest BCUT2D eigenvalue weighted by Crippen LogP contribution is -2.50. The number of hydrogen-bond donors (Lipinski definition) is 1. The normalized spacial score (nSPS) is 25.5. The second-order valence-corrected chi connectivity index (χ2v) is 9.94. The van der Waals surface area contributed by atoms with Gasteiger partial charge < -0.3 is 14.6 Å². The van der Waals surface area contributed by atoms with Gasteiger partial charge in [0.15, 0.2) is 0 Å². The number of hydrogen-bond acceptors (Lipinski definition) is 3. The Balaban J connectivity index is 1.60. The highest BCUT2D eigenvalue weighted by atomic mass is 16.5. The molecule has 1 fully saturated rings. The van der Waals surface area contributed by atoms with E-state index in [-0.39, 0.29) is 23.7 Å². The first-order valence-electron chi connectivity index (χ1n) is 11.6. The molecule has 0 bridgehead atoms. The first-order valence-corrected chi connectivity index (χ1v) is 11.6. The average Bonchev–Trinajstić information content (AvgIpc) is 2.79. The summed E-state index contributed by atoms with van der Waals surface area (Å²) < 4.78 is 13.5. The van der Waals surface area contributed by atoms with E-state index in [4.69, 9.17) is 9.47 Å². The van der Waals surface area contributed by atoms with E-state index >= 15 is 0 Å². The van der Waals surface area contributed by atoms with Crippen LogP contribution >= 0.6 is 0 Å². The smallest absolute Gasteiger partial charge is 0.335 e. The van der Waals surface area contributed by atoms with E-state index in [9.17, 15) is 9.90 Å². The number of carboxylic acids is 1. The Morgan fingerprint density at radius 3 is 2.52 bits per heavy atom. The number of aryl methyl sites for hydroxylation is 1. The number of fused-ring (bicyclic) bond motifs is 3. The summed E-state index contributed by atoms with van der Waals surface area (Å²) in [5.41, 5.74) is 5.07. The van der Waals surface area contributed by atoms with Crippen molar-refractivity contribution in [2.24, 2.45) is 5.92 Å². The van der Waals surface area contributed by atoms with E-state index in [0.717, 1.165) is 34.4 Å². The number of carboxylic acid groups (broad SMARTS) is 1. The summed E-state index contributed by atoms with van der Waals surface area (Å²) in [4.78, 5) is 11.6. The highest BCUT2D eigenvalue weighted by Gasteiger charge is 2.50. The number of benzene rings is 3. The summed E-state index contributed by atoms with van der Waals surface area (Å²) >= 11 is 0. The van der Waals surface area contributed by atoms with Gasteiger partial charge in [0, 0.05) is 23.0 Å². The molecule has 4 nitrogen and oxygen atoms in total. The number of ether oxygens (including phenoxy) is 2. The van der Waals surface area contributed by atoms with Crippen LogP contribution in [-0.2, 0) is 4.74 Å². The van der Waals surface area contributed by atoms with Crippen LogP contribution in [0.2, 0.25) is 0 Å². The average molecular weight is 443 g/mol. The zero-order valence-electron chi connectivity index (χ0n) is 19.5. The van der Waals surface area contributed by atoms with E-state index in [1.165, 1.54) is 5.56 Å². The lowest BCUT2D eigenvalue weighted by atomic mass is 9.70. The van der Waals surface area contributed by atoms with Crippen LogP contribution in [0.1, 0.15) is 66.3 Å². The van der Waals surface area contributed by atoms with Gasteiger partial charge in [0.05, 0.1) is 17.8 Å². The van der Waals surface area contributed by atoms with Crippen molar-refractivity contribution in [1.29, 1.82) is 0 Å². The predicted molar refractivity (Wildman–Crippen MR) is 129 cm³/mol. The van der Waals surface area contributed by atoms with Gasteiger partial charge in [-0.1, -0.05) is 42.5 Å². The molecule has 0 spiro atoms. The van der Waals surface area contributed by atoms with Gasteiger partial charge in [-0.25, -0.2) is 4.79 Å². The van der Waals surface area contributed by atoms with Gasteiger partial charge in [0.25, 0.3) is 0 Å². The second kappa shape index (κ2) is 8.03. The molecule has 33 heavy (non-hydrogen) atoms. The topological polar surface area (TPSA) is 55.8 Å². The molecule has 5 rings (SSSR count). The molecule has 2 aliphatic heterocycles. The fourth-order valence-corrected chi connectivity index (χ4v) is 5.55. The highest BCUT2D eigenvalue weighted by molar-refractivity contribution is 5.90. The SMILES string of the molecule is Cc1cc(-c2cccc(C(=O)O)c2)c2c(c1)[C@H]1O[C@@H](C)[C@@H](c3ccccc3)C[C@@H]1C(C)(C)O2. The van der Waals surface area contributed by atoms with Crippen molar-refractivity contribution in [2.75, 3.05) is 0 Å². The molecule has 0 radical (unpaired) electrons. The standard InChI is InChI=1S/C29H30O4/c1-17-13-23(20-11-8-12-21(15-20)28(30)31)26-24(14-17)27-25(29(3,4)33-26)16-22(18(2)32-27)19-9-6-5-7-10-19/h5-15,18,22,25,27H,16H2,1-4H3,(H,30,31)/t18-,22-,25-,27+/m0/s1. The second-order valence-electron chi connectivity index (χ2n) is 9.94. The molecular formula is C29H30O4. The molecule has 4 atom stereocenters. The maximum atomic E-state index is 11.6. The Hall–Kier alpha value is -3.11. The third-order valence-corrected chi connectivity index (χ3v) is 7.28. The van der Waals surface area contributed by atoms with E-state index < -0.39 is 11.6 Å². The summed E-state index contributed by atoms with van der Waals surface area (Å²) in [6.07, 6.45) is 0.995. The predicted octanol–water partition coefficient (Wildman–Crippen LogP) is 6.78. The van der Waals surface area contributed by atoms with Gasteiger partial charge in [0.1, 0.15) is 11.4 Å². The first kappa shape index (κ1) is 21.7. The Bertz CT molecular complexity index is 1200. The quantitative estimate of drug-likeness (QED) is 0.486. The minimum atomic E-state index is -0.934. The Morgan fingerprint density at radius 2 is 1.79 bits per heavy atom. The van der Waals surface area contributed by atoms with Crippen LogP contribution in [-0.4, -0.2) is 22.8 Å². The first-order chi connectivity index (χ1) is 15.7. The van der Waals surface area contributed by atoms with Crippen LogP contribution in [0, 0.1) is 12.8 Å². The molecule has 1 saturated heterocycles. The van der Waals surface area contributed by atoms with Gasteiger partial charge in [-0.05, 0) is 75.1 Å². The van der Waals surface area contributed by atoms with Crippen LogP contribution in [0.25, 0.3) is 11.1 Å². The minimum Gasteiger partial charge on any atom is -0.486 e. The van der Waals surface area contributed by atoms with Crippen molar-refractivity contribution in [3.63, 3.8) is 0 Å². The van der Waals surface area contributed by atoms with Crippen molar-refractivity contribution >= 4 is 5.97 Å².